The molecule has 0 aromatic heterocycles. The smallest absolute Gasteiger partial charge is 0.240 e. The third-order valence-electron chi connectivity index (χ3n) is 2.58. The van der Waals surface area contributed by atoms with E-state index in [0.717, 1.165) is 5.56 Å². The molecule has 5 nitrogen and oxygen atoms in total. The first-order valence-electron chi connectivity index (χ1n) is 5.75. The Hall–Kier alpha value is -0.950. The van der Waals surface area contributed by atoms with Gasteiger partial charge in [-0.1, -0.05) is 12.1 Å². The number of ether oxygens (including phenoxy) is 1. The summed E-state index contributed by atoms with van der Waals surface area (Å²) in [6, 6.07) is 6.80. The Morgan fingerprint density at radius 3 is 2.39 bits per heavy atom. The summed E-state index contributed by atoms with van der Waals surface area (Å²) in [6.45, 7) is 2.78. The van der Waals surface area contributed by atoms with Crippen molar-refractivity contribution in [3.05, 3.63) is 29.8 Å². The highest BCUT2D eigenvalue weighted by atomic mass is 32.2. The first-order chi connectivity index (χ1) is 8.49. The van der Waals surface area contributed by atoms with E-state index >= 15 is 0 Å². The zero-order valence-electron chi connectivity index (χ0n) is 10.9. The molecule has 1 aromatic carbocycles. The number of benzene rings is 1. The lowest BCUT2D eigenvalue weighted by Crippen LogP contribution is -2.31. The minimum atomic E-state index is -3.45. The second kappa shape index (κ2) is 6.84. The quantitative estimate of drug-likeness (QED) is 0.767. The fourth-order valence-corrected chi connectivity index (χ4v) is 2.50. The van der Waals surface area contributed by atoms with E-state index in [9.17, 15) is 8.42 Å². The summed E-state index contributed by atoms with van der Waals surface area (Å²) in [5, 5.41) is 3.01. The molecule has 2 N–H and O–H groups in total. The van der Waals surface area contributed by atoms with Gasteiger partial charge in [-0.2, -0.15) is 0 Å². The molecule has 0 saturated heterocycles. The molecule has 0 aliphatic carbocycles. The molecule has 1 unspecified atom stereocenters. The zero-order chi connectivity index (χ0) is 13.6. The number of sulfonamides is 1. The molecule has 0 aliphatic heterocycles. The zero-order valence-corrected chi connectivity index (χ0v) is 11.8. The van der Waals surface area contributed by atoms with E-state index in [-0.39, 0.29) is 17.5 Å². The third-order valence-corrected chi connectivity index (χ3v) is 4.02. The van der Waals surface area contributed by atoms with E-state index in [4.69, 9.17) is 4.74 Å². The van der Waals surface area contributed by atoms with Crippen LogP contribution in [0.3, 0.4) is 0 Å². The Labute approximate surface area is 109 Å². The number of hydrogen-bond acceptors (Lipinski definition) is 4. The van der Waals surface area contributed by atoms with E-state index in [1.807, 2.05) is 7.05 Å². The number of hydrogen-bond donors (Lipinski definition) is 2. The molecule has 0 radical (unpaired) electrons. The van der Waals surface area contributed by atoms with Crippen LogP contribution in [0, 0.1) is 0 Å². The second-order valence-electron chi connectivity index (χ2n) is 4.07. The van der Waals surface area contributed by atoms with Gasteiger partial charge in [0.2, 0.25) is 10.0 Å². The van der Waals surface area contributed by atoms with Crippen molar-refractivity contribution in [3.8, 4) is 0 Å². The summed E-state index contributed by atoms with van der Waals surface area (Å²) >= 11 is 0. The Morgan fingerprint density at radius 2 is 1.89 bits per heavy atom. The Morgan fingerprint density at radius 1 is 1.28 bits per heavy atom. The molecular formula is C12H20N2O3S. The molecule has 0 spiro atoms. The van der Waals surface area contributed by atoms with Crippen molar-refractivity contribution in [3.63, 3.8) is 0 Å². The van der Waals surface area contributed by atoms with Gasteiger partial charge in [0.05, 0.1) is 11.0 Å². The van der Waals surface area contributed by atoms with Crippen LogP contribution in [0.2, 0.25) is 0 Å². The molecule has 1 rings (SSSR count). The molecule has 0 saturated carbocycles. The summed E-state index contributed by atoms with van der Waals surface area (Å²) in [7, 11) is -0.0548. The van der Waals surface area contributed by atoms with Gasteiger partial charge in [-0.15, -0.1) is 0 Å². The van der Waals surface area contributed by atoms with E-state index in [1.54, 1.807) is 38.3 Å². The largest absolute Gasteiger partial charge is 0.380 e. The van der Waals surface area contributed by atoms with Crippen LogP contribution in [0.1, 0.15) is 12.5 Å². The molecule has 1 aromatic rings. The highest BCUT2D eigenvalue weighted by Gasteiger charge is 2.14. The summed E-state index contributed by atoms with van der Waals surface area (Å²) in [5.41, 5.74) is 1.04. The molecule has 6 heteroatoms. The summed E-state index contributed by atoms with van der Waals surface area (Å²) in [6.07, 6.45) is -0.150. The van der Waals surface area contributed by atoms with Gasteiger partial charge in [-0.25, -0.2) is 13.1 Å². The topological polar surface area (TPSA) is 67.4 Å². The normalized spacial score (nSPS) is 13.5. The van der Waals surface area contributed by atoms with E-state index in [0.29, 0.717) is 6.54 Å². The van der Waals surface area contributed by atoms with Crippen LogP contribution >= 0.6 is 0 Å². The molecule has 0 aliphatic rings. The molecule has 18 heavy (non-hydrogen) atoms. The predicted octanol–water partition coefficient (Wildman–Crippen LogP) is 0.719. The van der Waals surface area contributed by atoms with Gasteiger partial charge in [0, 0.05) is 20.2 Å². The van der Waals surface area contributed by atoms with Crippen molar-refractivity contribution in [2.45, 2.75) is 24.5 Å². The molecule has 0 bridgehead atoms. The van der Waals surface area contributed by atoms with Crippen LogP contribution in [-0.4, -0.2) is 35.2 Å². The van der Waals surface area contributed by atoms with Crippen LogP contribution < -0.4 is 10.0 Å². The van der Waals surface area contributed by atoms with Crippen LogP contribution in [0.25, 0.3) is 0 Å². The molecule has 102 valence electrons. The van der Waals surface area contributed by atoms with Gasteiger partial charge in [0.1, 0.15) is 0 Å². The van der Waals surface area contributed by atoms with Gasteiger partial charge >= 0.3 is 0 Å². The molecule has 0 fully saturated rings. The Kier molecular flexibility index (Phi) is 5.74. The standard InChI is InChI=1S/C12H20N2O3S/c1-10(17-3)8-14-18(15,16)12-6-4-11(5-7-12)9-13-2/h4-7,10,13-14H,8-9H2,1-3H3. The molecule has 0 amide bonds. The van der Waals surface area contributed by atoms with E-state index in [1.165, 1.54) is 0 Å². The summed E-state index contributed by atoms with van der Waals surface area (Å²) in [5.74, 6) is 0. The van der Waals surface area contributed by atoms with E-state index in [2.05, 4.69) is 10.0 Å². The van der Waals surface area contributed by atoms with E-state index < -0.39 is 10.0 Å². The van der Waals surface area contributed by atoms with Gasteiger partial charge in [0.25, 0.3) is 0 Å². The maximum atomic E-state index is 11.9. The fraction of sp³-hybridized carbons (Fsp3) is 0.500. The highest BCUT2D eigenvalue weighted by molar-refractivity contribution is 7.89. The van der Waals surface area contributed by atoms with Crippen molar-refractivity contribution in [2.24, 2.45) is 0 Å². The molecule has 1 atom stereocenters. The molecular weight excluding hydrogens is 252 g/mol. The number of nitrogens with one attached hydrogen (secondary N) is 2. The van der Waals surface area contributed by atoms with Crippen LogP contribution in [-0.2, 0) is 21.3 Å². The van der Waals surface area contributed by atoms with Crippen molar-refractivity contribution in [2.75, 3.05) is 20.7 Å². The SMILES string of the molecule is CNCc1ccc(S(=O)(=O)NCC(C)OC)cc1. The Bertz CT molecular complexity index is 457. The van der Waals surface area contributed by atoms with Crippen LogP contribution in [0.4, 0.5) is 0 Å². The maximum Gasteiger partial charge on any atom is 0.240 e. The van der Waals surface area contributed by atoms with Gasteiger partial charge in [-0.05, 0) is 31.7 Å². The number of methoxy groups -OCH3 is 1. The number of rotatable bonds is 7. The van der Waals surface area contributed by atoms with Crippen molar-refractivity contribution < 1.29 is 13.2 Å². The molecule has 0 heterocycles. The summed E-state index contributed by atoms with van der Waals surface area (Å²) < 4.78 is 31.4. The van der Waals surface area contributed by atoms with Crippen molar-refractivity contribution in [1.82, 2.24) is 10.0 Å². The monoisotopic (exact) mass is 272 g/mol. The lowest BCUT2D eigenvalue weighted by molar-refractivity contribution is 0.122. The third kappa shape index (κ3) is 4.38. The minimum absolute atomic E-state index is 0.150. The Balaban J connectivity index is 2.72. The predicted molar refractivity (Wildman–Crippen MR) is 70.9 cm³/mol. The van der Waals surface area contributed by atoms with Gasteiger partial charge in [0.15, 0.2) is 0 Å². The van der Waals surface area contributed by atoms with Crippen LogP contribution in [0.5, 0.6) is 0 Å². The maximum absolute atomic E-state index is 11.9. The highest BCUT2D eigenvalue weighted by Crippen LogP contribution is 2.10. The fourth-order valence-electron chi connectivity index (χ4n) is 1.38. The lowest BCUT2D eigenvalue weighted by atomic mass is 10.2. The lowest BCUT2D eigenvalue weighted by Gasteiger charge is -2.11. The minimum Gasteiger partial charge on any atom is -0.380 e. The van der Waals surface area contributed by atoms with Crippen molar-refractivity contribution in [1.29, 1.82) is 0 Å². The first-order valence-corrected chi connectivity index (χ1v) is 7.24. The van der Waals surface area contributed by atoms with Gasteiger partial charge in [-0.3, -0.25) is 0 Å². The average molecular weight is 272 g/mol. The van der Waals surface area contributed by atoms with Gasteiger partial charge < -0.3 is 10.1 Å². The second-order valence-corrected chi connectivity index (χ2v) is 5.84. The average Bonchev–Trinajstić information content (AvgIpc) is 2.37. The first kappa shape index (κ1) is 15.1. The van der Waals surface area contributed by atoms with Crippen molar-refractivity contribution >= 4 is 10.0 Å². The van der Waals surface area contributed by atoms with Crippen LogP contribution in [0.15, 0.2) is 29.2 Å². The summed E-state index contributed by atoms with van der Waals surface area (Å²) in [4.78, 5) is 0.269.